The zero-order chi connectivity index (χ0) is 18.9. The van der Waals surface area contributed by atoms with Crippen LogP contribution in [0.2, 0.25) is 0 Å². The molecule has 4 aliphatic rings. The highest BCUT2D eigenvalue weighted by atomic mass is 19.4. The quantitative estimate of drug-likeness (QED) is 0.532. The van der Waals surface area contributed by atoms with Crippen molar-refractivity contribution in [2.24, 2.45) is 52.8 Å². The van der Waals surface area contributed by atoms with Crippen molar-refractivity contribution in [2.75, 3.05) is 0 Å². The smallest absolute Gasteiger partial charge is 0.300 e. The van der Waals surface area contributed by atoms with Crippen LogP contribution >= 0.6 is 0 Å². The van der Waals surface area contributed by atoms with Gasteiger partial charge in [-0.2, -0.15) is 13.2 Å². The number of carbonyl (C=O) groups is 1. The van der Waals surface area contributed by atoms with Gasteiger partial charge >= 0.3 is 6.18 Å². The van der Waals surface area contributed by atoms with Gasteiger partial charge in [-0.1, -0.05) is 13.8 Å². The molecule has 0 aromatic heterocycles. The summed E-state index contributed by atoms with van der Waals surface area (Å²) in [7, 11) is 0. The first-order chi connectivity index (χ1) is 12.1. The number of hydrogen-bond donors (Lipinski definition) is 0. The Morgan fingerprint density at radius 1 is 0.962 bits per heavy atom. The fraction of sp³-hybridized carbons (Fsp3) is 0.955. The Kier molecular flexibility index (Phi) is 4.51. The highest BCUT2D eigenvalue weighted by Gasteiger charge is 2.60. The normalized spacial score (nSPS) is 51.3. The van der Waals surface area contributed by atoms with E-state index >= 15 is 0 Å². The lowest BCUT2D eigenvalue weighted by Gasteiger charge is -2.57. The SMILES string of the molecule is CC(=O)[C@H]1CC(C)C2[C@@H]3CC[C@@H]4CC(C(F)(F)F)CC[C@@H]4C3CC[C@@]21C. The van der Waals surface area contributed by atoms with Gasteiger partial charge in [0.2, 0.25) is 0 Å². The third kappa shape index (κ3) is 2.76. The van der Waals surface area contributed by atoms with E-state index in [9.17, 15) is 18.0 Å². The molecule has 0 N–H and O–H groups in total. The molecule has 0 spiro atoms. The molecule has 9 atom stereocenters. The molecule has 0 radical (unpaired) electrons. The van der Waals surface area contributed by atoms with E-state index in [2.05, 4.69) is 13.8 Å². The number of fused-ring (bicyclic) bond motifs is 5. The van der Waals surface area contributed by atoms with Gasteiger partial charge in [0.15, 0.2) is 0 Å². The average molecular weight is 370 g/mol. The van der Waals surface area contributed by atoms with E-state index in [0.29, 0.717) is 48.2 Å². The molecule has 0 aromatic rings. The second-order valence-corrected chi connectivity index (χ2v) is 10.3. The summed E-state index contributed by atoms with van der Waals surface area (Å²) in [4.78, 5) is 12.3. The zero-order valence-corrected chi connectivity index (χ0v) is 16.3. The van der Waals surface area contributed by atoms with Crippen LogP contribution in [0.5, 0.6) is 0 Å². The van der Waals surface area contributed by atoms with E-state index < -0.39 is 12.1 Å². The van der Waals surface area contributed by atoms with Crippen molar-refractivity contribution < 1.29 is 18.0 Å². The van der Waals surface area contributed by atoms with E-state index in [1.807, 2.05) is 0 Å². The predicted octanol–water partition coefficient (Wildman–Crippen LogP) is 6.27. The van der Waals surface area contributed by atoms with E-state index in [-0.39, 0.29) is 17.3 Å². The monoisotopic (exact) mass is 370 g/mol. The van der Waals surface area contributed by atoms with Gasteiger partial charge in [-0.15, -0.1) is 0 Å². The van der Waals surface area contributed by atoms with Crippen molar-refractivity contribution in [3.63, 3.8) is 0 Å². The highest BCUT2D eigenvalue weighted by molar-refractivity contribution is 5.79. The molecular weight excluding hydrogens is 337 g/mol. The Hall–Kier alpha value is -0.540. The molecule has 0 amide bonds. The first-order valence-corrected chi connectivity index (χ1v) is 10.7. The molecule has 4 heteroatoms. The molecule has 148 valence electrons. The van der Waals surface area contributed by atoms with Crippen molar-refractivity contribution in [1.82, 2.24) is 0 Å². The number of rotatable bonds is 1. The Labute approximate surface area is 155 Å². The lowest BCUT2D eigenvalue weighted by molar-refractivity contribution is -0.196. The minimum atomic E-state index is -4.01. The molecule has 0 aromatic carbocycles. The summed E-state index contributed by atoms with van der Waals surface area (Å²) >= 11 is 0. The minimum absolute atomic E-state index is 0.127. The van der Waals surface area contributed by atoms with Gasteiger partial charge in [0, 0.05) is 5.92 Å². The molecule has 0 aliphatic heterocycles. The van der Waals surface area contributed by atoms with Gasteiger partial charge < -0.3 is 0 Å². The summed E-state index contributed by atoms with van der Waals surface area (Å²) in [6.45, 7) is 6.42. The molecule has 4 unspecified atom stereocenters. The molecular formula is C22H33F3O. The molecule has 4 rings (SSSR count). The Morgan fingerprint density at radius 2 is 1.65 bits per heavy atom. The molecule has 0 heterocycles. The molecule has 4 aliphatic carbocycles. The van der Waals surface area contributed by atoms with Gasteiger partial charge in [0.25, 0.3) is 0 Å². The number of alkyl halides is 3. The number of hydrogen-bond acceptors (Lipinski definition) is 1. The fourth-order valence-corrected chi connectivity index (χ4v) is 8.32. The highest BCUT2D eigenvalue weighted by Crippen LogP contribution is 2.66. The third-order valence-corrected chi connectivity index (χ3v) is 9.22. The van der Waals surface area contributed by atoms with Gasteiger partial charge in [0.05, 0.1) is 5.92 Å². The molecule has 0 saturated heterocycles. The number of halogens is 3. The van der Waals surface area contributed by atoms with E-state index in [1.54, 1.807) is 6.92 Å². The first kappa shape index (κ1) is 18.8. The van der Waals surface area contributed by atoms with Crippen LogP contribution in [0.25, 0.3) is 0 Å². The number of Topliss-reactive ketones (excluding diaryl/α,β-unsaturated/α-hetero) is 1. The lowest BCUT2D eigenvalue weighted by Crippen LogP contribution is -2.50. The molecule has 4 fully saturated rings. The largest absolute Gasteiger partial charge is 0.391 e. The predicted molar refractivity (Wildman–Crippen MR) is 95.4 cm³/mol. The van der Waals surface area contributed by atoms with Crippen molar-refractivity contribution in [2.45, 2.75) is 78.3 Å². The average Bonchev–Trinajstić information content (AvgIpc) is 2.84. The van der Waals surface area contributed by atoms with Crippen LogP contribution in [0.1, 0.15) is 72.1 Å². The van der Waals surface area contributed by atoms with Crippen LogP contribution in [-0.2, 0) is 4.79 Å². The molecule has 26 heavy (non-hydrogen) atoms. The van der Waals surface area contributed by atoms with E-state index in [1.165, 1.54) is 0 Å². The summed E-state index contributed by atoms with van der Waals surface area (Å²) < 4.78 is 39.6. The third-order valence-electron chi connectivity index (χ3n) is 9.22. The van der Waals surface area contributed by atoms with Crippen molar-refractivity contribution in [3.05, 3.63) is 0 Å². The zero-order valence-electron chi connectivity index (χ0n) is 16.3. The second-order valence-electron chi connectivity index (χ2n) is 10.3. The Morgan fingerprint density at radius 3 is 2.31 bits per heavy atom. The van der Waals surface area contributed by atoms with Crippen molar-refractivity contribution in [1.29, 1.82) is 0 Å². The fourth-order valence-electron chi connectivity index (χ4n) is 8.32. The molecule has 1 nitrogen and oxygen atoms in total. The summed E-state index contributed by atoms with van der Waals surface area (Å²) in [5, 5.41) is 0. The lowest BCUT2D eigenvalue weighted by atomic mass is 9.48. The van der Waals surface area contributed by atoms with Crippen LogP contribution in [0.15, 0.2) is 0 Å². The maximum absolute atomic E-state index is 13.2. The summed E-state index contributed by atoms with van der Waals surface area (Å²) in [5.41, 5.74) is 0.127. The topological polar surface area (TPSA) is 17.1 Å². The van der Waals surface area contributed by atoms with Crippen LogP contribution < -0.4 is 0 Å². The van der Waals surface area contributed by atoms with Gasteiger partial charge in [-0.3, -0.25) is 4.79 Å². The van der Waals surface area contributed by atoms with Crippen LogP contribution in [0, 0.1) is 52.8 Å². The Balaban J connectivity index is 1.54. The van der Waals surface area contributed by atoms with Crippen molar-refractivity contribution in [3.8, 4) is 0 Å². The second kappa shape index (κ2) is 6.24. The minimum Gasteiger partial charge on any atom is -0.300 e. The maximum Gasteiger partial charge on any atom is 0.391 e. The van der Waals surface area contributed by atoms with Crippen molar-refractivity contribution >= 4 is 5.78 Å². The number of carbonyl (C=O) groups excluding carboxylic acids is 1. The summed E-state index contributed by atoms with van der Waals surface area (Å²) in [6.07, 6.45) is 2.77. The molecule has 4 saturated carbocycles. The standard InChI is InChI=1S/C22H33F3O/c1-12-10-19(13(2)26)21(3)9-8-17-16-7-5-15(22(23,24)25)11-14(16)4-6-18(17)20(12)21/h12,14-20H,4-11H2,1-3H3/t12?,14-,15?,16+,17?,18-,19-,20?,21-/m1/s1. The van der Waals surface area contributed by atoms with Crippen LogP contribution in [0.3, 0.4) is 0 Å². The van der Waals surface area contributed by atoms with Crippen LogP contribution in [0.4, 0.5) is 13.2 Å². The maximum atomic E-state index is 13.2. The first-order valence-electron chi connectivity index (χ1n) is 10.7. The summed E-state index contributed by atoms with van der Waals surface area (Å²) in [6, 6.07) is 0. The van der Waals surface area contributed by atoms with Gasteiger partial charge in [-0.25, -0.2) is 0 Å². The van der Waals surface area contributed by atoms with Crippen LogP contribution in [-0.4, -0.2) is 12.0 Å². The Bertz CT molecular complexity index is 570. The van der Waals surface area contributed by atoms with Gasteiger partial charge in [0.1, 0.15) is 5.78 Å². The van der Waals surface area contributed by atoms with E-state index in [4.69, 9.17) is 0 Å². The van der Waals surface area contributed by atoms with E-state index in [0.717, 1.165) is 38.5 Å². The number of ketones is 1. The van der Waals surface area contributed by atoms with Gasteiger partial charge in [-0.05, 0) is 99.2 Å². The summed E-state index contributed by atoms with van der Waals surface area (Å²) in [5.74, 6) is 2.66. The molecule has 0 bridgehead atoms.